The zero-order valence-corrected chi connectivity index (χ0v) is 12.2. The van der Waals surface area contributed by atoms with E-state index >= 15 is 0 Å². The number of para-hydroxylation sites is 1. The summed E-state index contributed by atoms with van der Waals surface area (Å²) in [4.78, 5) is 0. The molecule has 0 saturated heterocycles. The van der Waals surface area contributed by atoms with Crippen LogP contribution in [0, 0.1) is 6.92 Å². The van der Waals surface area contributed by atoms with Crippen LogP contribution < -0.4 is 5.73 Å². The molecule has 2 N–H and O–H groups in total. The van der Waals surface area contributed by atoms with E-state index in [1.165, 1.54) is 27.7 Å². The zero-order valence-electron chi connectivity index (χ0n) is 12.2. The molecule has 0 amide bonds. The van der Waals surface area contributed by atoms with E-state index in [-0.39, 0.29) is 0 Å². The Morgan fingerprint density at radius 1 is 1.20 bits per heavy atom. The third kappa shape index (κ3) is 1.84. The summed E-state index contributed by atoms with van der Waals surface area (Å²) in [6.45, 7) is 2.78. The highest BCUT2D eigenvalue weighted by molar-refractivity contribution is 5.95. The van der Waals surface area contributed by atoms with Crippen LogP contribution in [0.1, 0.15) is 11.3 Å². The smallest absolute Gasteiger partial charge is 0.0976 e. The predicted molar refractivity (Wildman–Crippen MR) is 82.6 cm³/mol. The number of nitrogens with zero attached hydrogens (tertiary/aromatic N) is 3. The highest BCUT2D eigenvalue weighted by Crippen LogP contribution is 2.32. The monoisotopic (exact) mass is 268 g/mol. The van der Waals surface area contributed by atoms with E-state index in [0.29, 0.717) is 6.54 Å². The van der Waals surface area contributed by atoms with Gasteiger partial charge in [-0.3, -0.25) is 4.68 Å². The van der Waals surface area contributed by atoms with Crippen molar-refractivity contribution in [2.45, 2.75) is 13.3 Å². The molecule has 2 aromatic heterocycles. The van der Waals surface area contributed by atoms with Crippen molar-refractivity contribution >= 4 is 10.9 Å². The SMILES string of the molecule is Cc1c(-c2cn(C)c3ccccc23)nn(C)c1CCN. The second kappa shape index (κ2) is 4.80. The van der Waals surface area contributed by atoms with E-state index in [0.717, 1.165) is 12.1 Å². The first-order valence-electron chi connectivity index (χ1n) is 6.90. The second-order valence-corrected chi connectivity index (χ2v) is 5.25. The quantitative estimate of drug-likeness (QED) is 0.793. The molecule has 0 unspecified atom stereocenters. The summed E-state index contributed by atoms with van der Waals surface area (Å²) in [5.41, 5.74) is 11.6. The molecule has 104 valence electrons. The largest absolute Gasteiger partial charge is 0.350 e. The molecule has 0 bridgehead atoms. The first kappa shape index (κ1) is 12.9. The summed E-state index contributed by atoms with van der Waals surface area (Å²) in [5.74, 6) is 0. The molecule has 0 aliphatic carbocycles. The Morgan fingerprint density at radius 2 is 1.95 bits per heavy atom. The molecule has 0 fully saturated rings. The lowest BCUT2D eigenvalue weighted by Crippen LogP contribution is -2.08. The summed E-state index contributed by atoms with van der Waals surface area (Å²) in [6.07, 6.45) is 3.02. The average molecular weight is 268 g/mol. The molecule has 4 nitrogen and oxygen atoms in total. The highest BCUT2D eigenvalue weighted by Gasteiger charge is 2.17. The molecule has 1 aromatic carbocycles. The van der Waals surface area contributed by atoms with Crippen molar-refractivity contribution in [3.8, 4) is 11.3 Å². The van der Waals surface area contributed by atoms with Crippen molar-refractivity contribution in [1.82, 2.24) is 14.3 Å². The number of hydrogen-bond donors (Lipinski definition) is 1. The molecule has 20 heavy (non-hydrogen) atoms. The van der Waals surface area contributed by atoms with Crippen LogP contribution >= 0.6 is 0 Å². The molecular weight excluding hydrogens is 248 g/mol. The third-order valence-electron chi connectivity index (χ3n) is 3.96. The van der Waals surface area contributed by atoms with E-state index in [1.807, 2.05) is 11.7 Å². The van der Waals surface area contributed by atoms with Gasteiger partial charge in [-0.2, -0.15) is 5.10 Å². The Labute approximate surface area is 118 Å². The first-order chi connectivity index (χ1) is 9.63. The second-order valence-electron chi connectivity index (χ2n) is 5.25. The molecule has 0 radical (unpaired) electrons. The van der Waals surface area contributed by atoms with Crippen molar-refractivity contribution < 1.29 is 0 Å². The lowest BCUT2D eigenvalue weighted by Gasteiger charge is -2.00. The molecule has 0 spiro atoms. The Hall–Kier alpha value is -2.07. The standard InChI is InChI=1S/C16H20N4/c1-11-14(8-9-17)20(3)18-16(11)13-10-19(2)15-7-5-4-6-12(13)15/h4-7,10H,8-9,17H2,1-3H3. The minimum Gasteiger partial charge on any atom is -0.350 e. The van der Waals surface area contributed by atoms with Gasteiger partial charge in [0.25, 0.3) is 0 Å². The maximum Gasteiger partial charge on any atom is 0.0976 e. The van der Waals surface area contributed by atoms with Crippen LogP contribution in [-0.2, 0) is 20.5 Å². The number of benzene rings is 1. The van der Waals surface area contributed by atoms with Gasteiger partial charge in [0.1, 0.15) is 0 Å². The van der Waals surface area contributed by atoms with Gasteiger partial charge in [-0.1, -0.05) is 18.2 Å². The van der Waals surface area contributed by atoms with Gasteiger partial charge in [-0.15, -0.1) is 0 Å². The van der Waals surface area contributed by atoms with Crippen molar-refractivity contribution in [2.75, 3.05) is 6.54 Å². The number of rotatable bonds is 3. The number of nitrogens with two attached hydrogens (primary N) is 1. The summed E-state index contributed by atoms with van der Waals surface area (Å²) in [5, 5.41) is 5.96. The number of fused-ring (bicyclic) bond motifs is 1. The number of hydrogen-bond acceptors (Lipinski definition) is 2. The molecule has 4 heteroatoms. The summed E-state index contributed by atoms with van der Waals surface area (Å²) in [7, 11) is 4.07. The Bertz CT molecular complexity index is 764. The number of aromatic nitrogens is 3. The normalized spacial score (nSPS) is 11.4. The molecule has 0 aliphatic rings. The van der Waals surface area contributed by atoms with Crippen LogP contribution in [0.2, 0.25) is 0 Å². The molecule has 0 aliphatic heterocycles. The third-order valence-corrected chi connectivity index (χ3v) is 3.96. The van der Waals surface area contributed by atoms with Gasteiger partial charge >= 0.3 is 0 Å². The summed E-state index contributed by atoms with van der Waals surface area (Å²) >= 11 is 0. The predicted octanol–water partition coefficient (Wildman–Crippen LogP) is 2.39. The van der Waals surface area contributed by atoms with Crippen LogP contribution in [0.3, 0.4) is 0 Å². The van der Waals surface area contributed by atoms with Gasteiger partial charge in [-0.05, 0) is 25.1 Å². The maximum absolute atomic E-state index is 5.70. The molecule has 3 aromatic rings. The lowest BCUT2D eigenvalue weighted by atomic mass is 10.1. The maximum atomic E-state index is 5.70. The first-order valence-corrected chi connectivity index (χ1v) is 6.90. The van der Waals surface area contributed by atoms with Gasteiger partial charge in [-0.25, -0.2) is 0 Å². The van der Waals surface area contributed by atoms with E-state index < -0.39 is 0 Å². The molecule has 0 atom stereocenters. The van der Waals surface area contributed by atoms with Gasteiger partial charge < -0.3 is 10.3 Å². The molecule has 3 rings (SSSR count). The van der Waals surface area contributed by atoms with Gasteiger partial charge in [0.15, 0.2) is 0 Å². The topological polar surface area (TPSA) is 48.8 Å². The van der Waals surface area contributed by atoms with E-state index in [2.05, 4.69) is 49.0 Å². The summed E-state index contributed by atoms with van der Waals surface area (Å²) < 4.78 is 4.11. The average Bonchev–Trinajstić information content (AvgIpc) is 2.92. The van der Waals surface area contributed by atoms with E-state index in [9.17, 15) is 0 Å². The van der Waals surface area contributed by atoms with Crippen molar-refractivity contribution in [2.24, 2.45) is 19.8 Å². The van der Waals surface area contributed by atoms with Crippen molar-refractivity contribution in [1.29, 1.82) is 0 Å². The van der Waals surface area contributed by atoms with E-state index in [4.69, 9.17) is 10.8 Å². The van der Waals surface area contributed by atoms with Crippen molar-refractivity contribution in [3.05, 3.63) is 41.7 Å². The number of aryl methyl sites for hydroxylation is 2. The zero-order chi connectivity index (χ0) is 14.3. The van der Waals surface area contributed by atoms with Crippen LogP contribution in [0.25, 0.3) is 22.2 Å². The van der Waals surface area contributed by atoms with Crippen LogP contribution in [0.4, 0.5) is 0 Å². The van der Waals surface area contributed by atoms with Crippen LogP contribution in [0.5, 0.6) is 0 Å². The fourth-order valence-electron chi connectivity index (χ4n) is 2.94. The fraction of sp³-hybridized carbons (Fsp3) is 0.312. The van der Waals surface area contributed by atoms with E-state index in [1.54, 1.807) is 0 Å². The minimum absolute atomic E-state index is 0.648. The molecular formula is C16H20N4. The lowest BCUT2D eigenvalue weighted by molar-refractivity contribution is 0.706. The molecule has 2 heterocycles. The van der Waals surface area contributed by atoms with Crippen LogP contribution in [0.15, 0.2) is 30.5 Å². The minimum atomic E-state index is 0.648. The Balaban J connectivity index is 2.24. The van der Waals surface area contributed by atoms with Crippen molar-refractivity contribution in [3.63, 3.8) is 0 Å². The van der Waals surface area contributed by atoms with Gasteiger partial charge in [0.2, 0.25) is 0 Å². The Kier molecular flexibility index (Phi) is 3.10. The summed E-state index contributed by atoms with van der Waals surface area (Å²) in [6, 6.07) is 8.43. The van der Waals surface area contributed by atoms with Crippen LogP contribution in [-0.4, -0.2) is 20.9 Å². The molecule has 0 saturated carbocycles. The highest BCUT2D eigenvalue weighted by atomic mass is 15.3. The Morgan fingerprint density at radius 3 is 2.70 bits per heavy atom. The fourth-order valence-corrected chi connectivity index (χ4v) is 2.94. The van der Waals surface area contributed by atoms with Gasteiger partial charge in [0.05, 0.1) is 5.69 Å². The van der Waals surface area contributed by atoms with Gasteiger partial charge in [0, 0.05) is 48.9 Å².